The van der Waals surface area contributed by atoms with Crippen molar-refractivity contribution in [3.05, 3.63) is 59.0 Å². The predicted molar refractivity (Wildman–Crippen MR) is 112 cm³/mol. The molecule has 1 amide bonds. The molecule has 0 aromatic heterocycles. The fourth-order valence-electron chi connectivity index (χ4n) is 2.63. The Bertz CT molecular complexity index is 1000. The molecular formula is C21H20N2O5S. The first-order valence-corrected chi connectivity index (χ1v) is 9.74. The van der Waals surface area contributed by atoms with Gasteiger partial charge < -0.3 is 14.9 Å². The number of aromatic hydroxyl groups is 1. The Labute approximate surface area is 172 Å². The number of phenolic OH excluding ortho intramolecular Hbond substituents is 1. The summed E-state index contributed by atoms with van der Waals surface area (Å²) in [5.74, 6) is -0.784. The lowest BCUT2D eigenvalue weighted by atomic mass is 10.1. The van der Waals surface area contributed by atoms with Crippen LogP contribution in [-0.2, 0) is 9.59 Å². The number of carbonyl (C=O) groups excluding carboxylic acids is 1. The molecule has 0 spiro atoms. The number of nitrogens with zero attached hydrogens (tertiary/aromatic N) is 2. The molecule has 1 atom stereocenters. The maximum atomic E-state index is 12.6. The summed E-state index contributed by atoms with van der Waals surface area (Å²) in [5, 5.41) is 19.3. The number of para-hydroxylation sites is 1. The lowest BCUT2D eigenvalue weighted by molar-refractivity contribution is -0.145. The summed E-state index contributed by atoms with van der Waals surface area (Å²) in [6.45, 7) is 1.73. The van der Waals surface area contributed by atoms with Gasteiger partial charge in [-0.1, -0.05) is 31.2 Å². The van der Waals surface area contributed by atoms with Gasteiger partial charge in [-0.15, -0.1) is 0 Å². The number of carboxylic acid groups (broad SMARTS) is 1. The summed E-state index contributed by atoms with van der Waals surface area (Å²) < 4.78 is 5.63. The average molecular weight is 412 g/mol. The van der Waals surface area contributed by atoms with Gasteiger partial charge in [0, 0.05) is 18.7 Å². The molecule has 2 aromatic rings. The summed E-state index contributed by atoms with van der Waals surface area (Å²) in [6, 6.07) is 13.4. The second-order valence-electron chi connectivity index (χ2n) is 6.28. The third kappa shape index (κ3) is 4.78. The Balaban J connectivity index is 1.90. The number of hydrogen-bond acceptors (Lipinski definition) is 6. The average Bonchev–Trinajstić information content (AvgIpc) is 2.95. The number of thioether (sulfide) groups is 1. The van der Waals surface area contributed by atoms with Crippen LogP contribution >= 0.6 is 11.8 Å². The molecule has 1 fully saturated rings. The van der Waals surface area contributed by atoms with Crippen molar-refractivity contribution in [1.82, 2.24) is 4.90 Å². The summed E-state index contributed by atoms with van der Waals surface area (Å²) in [4.78, 5) is 30.2. The number of hydrogen-bond donors (Lipinski definition) is 2. The van der Waals surface area contributed by atoms with Gasteiger partial charge in [-0.25, -0.2) is 9.79 Å². The van der Waals surface area contributed by atoms with Crippen LogP contribution in [-0.4, -0.2) is 45.3 Å². The topological polar surface area (TPSA) is 99.4 Å². The van der Waals surface area contributed by atoms with Crippen molar-refractivity contribution in [2.75, 3.05) is 7.05 Å². The molecule has 0 radical (unpaired) electrons. The molecule has 29 heavy (non-hydrogen) atoms. The van der Waals surface area contributed by atoms with Gasteiger partial charge in [0.2, 0.25) is 0 Å². The number of benzene rings is 2. The van der Waals surface area contributed by atoms with E-state index in [2.05, 4.69) is 4.99 Å². The molecule has 0 bridgehead atoms. The van der Waals surface area contributed by atoms with E-state index >= 15 is 0 Å². The molecule has 0 saturated carbocycles. The molecule has 8 heteroatoms. The minimum absolute atomic E-state index is 0.0922. The molecule has 1 saturated heterocycles. The fourth-order valence-corrected chi connectivity index (χ4v) is 3.61. The molecule has 7 nitrogen and oxygen atoms in total. The van der Waals surface area contributed by atoms with Crippen molar-refractivity contribution in [1.29, 1.82) is 0 Å². The van der Waals surface area contributed by atoms with Crippen LogP contribution in [0.3, 0.4) is 0 Å². The second-order valence-corrected chi connectivity index (χ2v) is 7.29. The summed E-state index contributed by atoms with van der Waals surface area (Å²) in [7, 11) is 1.62. The molecule has 1 heterocycles. The predicted octanol–water partition coefficient (Wildman–Crippen LogP) is 3.87. The highest BCUT2D eigenvalue weighted by molar-refractivity contribution is 8.18. The molecule has 2 aromatic carbocycles. The van der Waals surface area contributed by atoms with E-state index < -0.39 is 12.1 Å². The van der Waals surface area contributed by atoms with E-state index in [9.17, 15) is 19.8 Å². The number of likely N-dealkylation sites (N-methyl/N-ethyl adjacent to an activating group) is 1. The van der Waals surface area contributed by atoms with Gasteiger partial charge in [-0.05, 0) is 42.5 Å². The van der Waals surface area contributed by atoms with Crippen LogP contribution in [0.25, 0.3) is 6.08 Å². The van der Waals surface area contributed by atoms with Crippen LogP contribution < -0.4 is 4.74 Å². The van der Waals surface area contributed by atoms with Crippen molar-refractivity contribution in [3.63, 3.8) is 0 Å². The normalized spacial score (nSPS) is 17.7. The van der Waals surface area contributed by atoms with E-state index in [1.54, 1.807) is 62.5 Å². The molecule has 1 unspecified atom stereocenters. The maximum absolute atomic E-state index is 12.6. The smallest absolute Gasteiger partial charge is 0.344 e. The highest BCUT2D eigenvalue weighted by Gasteiger charge is 2.30. The van der Waals surface area contributed by atoms with E-state index in [1.165, 1.54) is 22.7 Å². The van der Waals surface area contributed by atoms with Crippen LogP contribution in [0.1, 0.15) is 18.9 Å². The first-order chi connectivity index (χ1) is 13.9. The van der Waals surface area contributed by atoms with E-state index in [0.717, 1.165) is 0 Å². The summed E-state index contributed by atoms with van der Waals surface area (Å²) >= 11 is 1.20. The Morgan fingerprint density at radius 1 is 1.28 bits per heavy atom. The van der Waals surface area contributed by atoms with Gasteiger partial charge in [-0.3, -0.25) is 9.69 Å². The summed E-state index contributed by atoms with van der Waals surface area (Å²) in [5.41, 5.74) is 1.14. The zero-order chi connectivity index (χ0) is 21.0. The number of amidine groups is 1. The van der Waals surface area contributed by atoms with E-state index in [0.29, 0.717) is 33.5 Å². The van der Waals surface area contributed by atoms with Crippen LogP contribution in [0.5, 0.6) is 11.5 Å². The van der Waals surface area contributed by atoms with Crippen molar-refractivity contribution < 1.29 is 24.5 Å². The molecule has 1 aliphatic heterocycles. The van der Waals surface area contributed by atoms with Crippen molar-refractivity contribution in [3.8, 4) is 11.5 Å². The quantitative estimate of drug-likeness (QED) is 0.699. The van der Waals surface area contributed by atoms with Gasteiger partial charge in [0.1, 0.15) is 11.5 Å². The minimum atomic E-state index is -1.04. The van der Waals surface area contributed by atoms with E-state index in [-0.39, 0.29) is 11.7 Å². The number of carboxylic acids is 1. The Kier molecular flexibility index (Phi) is 6.23. The second kappa shape index (κ2) is 8.83. The van der Waals surface area contributed by atoms with Crippen molar-refractivity contribution in [2.45, 2.75) is 19.4 Å². The highest BCUT2D eigenvalue weighted by atomic mass is 32.2. The highest BCUT2D eigenvalue weighted by Crippen LogP contribution is 2.35. The molecular weight excluding hydrogens is 392 g/mol. The van der Waals surface area contributed by atoms with Gasteiger partial charge in [-0.2, -0.15) is 0 Å². The number of amides is 1. The standard InChI is InChI=1S/C21H20N2O5S/c1-3-16(20(26)27)28-17-10-5-4-7-13(17)11-18-19(25)23(2)21(29-18)22-14-8-6-9-15(24)12-14/h4-12,16,24H,3H2,1-2H3,(H,26,27)/b18-11-,22-21?. The largest absolute Gasteiger partial charge is 0.508 e. The van der Waals surface area contributed by atoms with Crippen molar-refractivity contribution in [2.24, 2.45) is 4.99 Å². The third-order valence-corrected chi connectivity index (χ3v) is 5.24. The fraction of sp³-hybridized carbons (Fsp3) is 0.190. The summed E-state index contributed by atoms with van der Waals surface area (Å²) in [6.07, 6.45) is 1.02. The van der Waals surface area contributed by atoms with Crippen LogP contribution in [0.2, 0.25) is 0 Å². The lowest BCUT2D eigenvalue weighted by Crippen LogP contribution is -2.26. The number of aliphatic carboxylic acids is 1. The number of aliphatic imine (C=N–C) groups is 1. The Morgan fingerprint density at radius 2 is 2.03 bits per heavy atom. The number of rotatable bonds is 6. The lowest BCUT2D eigenvalue weighted by Gasteiger charge is -2.15. The molecule has 150 valence electrons. The monoisotopic (exact) mass is 412 g/mol. The maximum Gasteiger partial charge on any atom is 0.344 e. The number of ether oxygens (including phenoxy) is 1. The van der Waals surface area contributed by atoms with Crippen LogP contribution in [0.15, 0.2) is 58.4 Å². The first-order valence-electron chi connectivity index (χ1n) is 8.93. The molecule has 0 aliphatic carbocycles. The molecule has 3 rings (SSSR count). The SMILES string of the molecule is CCC(Oc1ccccc1/C=C1\SC(=Nc2cccc(O)c2)N(C)C1=O)C(=O)O. The minimum Gasteiger partial charge on any atom is -0.508 e. The van der Waals surface area contributed by atoms with Gasteiger partial charge in [0.05, 0.1) is 10.6 Å². The number of phenols is 1. The van der Waals surface area contributed by atoms with Gasteiger partial charge >= 0.3 is 5.97 Å². The van der Waals surface area contributed by atoms with Crippen molar-refractivity contribution >= 4 is 40.6 Å². The van der Waals surface area contributed by atoms with Crippen LogP contribution in [0, 0.1) is 0 Å². The van der Waals surface area contributed by atoms with Crippen LogP contribution in [0.4, 0.5) is 5.69 Å². The zero-order valence-electron chi connectivity index (χ0n) is 15.9. The van der Waals surface area contributed by atoms with Gasteiger partial charge in [0.15, 0.2) is 11.3 Å². The first kappa shape index (κ1) is 20.5. The van der Waals surface area contributed by atoms with Gasteiger partial charge in [0.25, 0.3) is 5.91 Å². The molecule has 2 N–H and O–H groups in total. The Morgan fingerprint density at radius 3 is 2.72 bits per heavy atom. The van der Waals surface area contributed by atoms with E-state index in [1.807, 2.05) is 0 Å². The van der Waals surface area contributed by atoms with E-state index in [4.69, 9.17) is 4.74 Å². The third-order valence-electron chi connectivity index (χ3n) is 4.18. The number of carbonyl (C=O) groups is 2. The Hall–Kier alpha value is -3.26. The molecule has 1 aliphatic rings. The zero-order valence-corrected chi connectivity index (χ0v) is 16.7.